The maximum atomic E-state index is 13.4. The van der Waals surface area contributed by atoms with E-state index in [1.165, 1.54) is 7.11 Å². The van der Waals surface area contributed by atoms with Gasteiger partial charge in [-0.05, 0) is 74.1 Å². The molecule has 0 spiro atoms. The molecular formula is C33H34N4O4. The molecule has 41 heavy (non-hydrogen) atoms. The number of fused-ring (bicyclic) bond motifs is 5. The molecule has 6 aliphatic rings. The highest BCUT2D eigenvalue weighted by Crippen LogP contribution is 2.45. The topological polar surface area (TPSA) is 113 Å². The highest BCUT2D eigenvalue weighted by atomic mass is 16.5. The molecule has 210 valence electrons. The number of ether oxygens (including phenoxy) is 1. The van der Waals surface area contributed by atoms with E-state index in [0.29, 0.717) is 23.3 Å². The first-order chi connectivity index (χ1) is 19.7. The molecule has 5 heterocycles. The van der Waals surface area contributed by atoms with Gasteiger partial charge in [0, 0.05) is 52.8 Å². The number of rotatable bonds is 4. The van der Waals surface area contributed by atoms with Crippen molar-refractivity contribution in [2.24, 2.45) is 26.8 Å². The van der Waals surface area contributed by atoms with Crippen LogP contribution in [0, 0.1) is 11.8 Å². The number of aliphatic hydroxyl groups is 1. The van der Waals surface area contributed by atoms with E-state index in [2.05, 4.69) is 26.1 Å². The highest BCUT2D eigenvalue weighted by Gasteiger charge is 2.43. The lowest BCUT2D eigenvalue weighted by atomic mass is 9.86. The van der Waals surface area contributed by atoms with Gasteiger partial charge in [0.2, 0.25) is 0 Å². The summed E-state index contributed by atoms with van der Waals surface area (Å²) >= 11 is 0. The van der Waals surface area contributed by atoms with Gasteiger partial charge in [-0.1, -0.05) is 13.8 Å². The van der Waals surface area contributed by atoms with Crippen LogP contribution in [0.4, 0.5) is 0 Å². The lowest BCUT2D eigenvalue weighted by Gasteiger charge is -2.17. The summed E-state index contributed by atoms with van der Waals surface area (Å²) in [5, 5.41) is 13.8. The molecule has 1 saturated heterocycles. The predicted molar refractivity (Wildman–Crippen MR) is 159 cm³/mol. The van der Waals surface area contributed by atoms with Crippen molar-refractivity contribution >= 4 is 28.9 Å². The molecule has 0 unspecified atom stereocenters. The van der Waals surface area contributed by atoms with Crippen molar-refractivity contribution in [3.8, 4) is 0 Å². The van der Waals surface area contributed by atoms with Crippen molar-refractivity contribution in [2.45, 2.75) is 60.3 Å². The second-order valence-electron chi connectivity index (χ2n) is 11.3. The summed E-state index contributed by atoms with van der Waals surface area (Å²) in [4.78, 5) is 40.5. The number of ketones is 1. The molecule has 1 aliphatic carbocycles. The number of Topliss-reactive ketones (excluding diaryl/α,β-unsaturated/α-hetero) is 1. The van der Waals surface area contributed by atoms with Gasteiger partial charge in [0.25, 0.3) is 0 Å². The minimum atomic E-state index is -0.264. The smallest absolute Gasteiger partial charge is 0.305 e. The maximum Gasteiger partial charge on any atom is 0.305 e. The number of allylic oxidation sites excluding steroid dienone is 12. The first-order valence-corrected chi connectivity index (χ1v) is 14.2. The Morgan fingerprint density at radius 2 is 1.80 bits per heavy atom. The van der Waals surface area contributed by atoms with E-state index in [1.54, 1.807) is 0 Å². The van der Waals surface area contributed by atoms with E-state index >= 15 is 0 Å². The number of carbonyl (C=O) groups is 2. The van der Waals surface area contributed by atoms with Crippen LogP contribution in [0.15, 0.2) is 107 Å². The van der Waals surface area contributed by atoms with Crippen LogP contribution in [0.5, 0.6) is 0 Å². The number of nitrogens with one attached hydrogen (secondary N) is 1. The third kappa shape index (κ3) is 4.15. The van der Waals surface area contributed by atoms with Crippen molar-refractivity contribution in [3.05, 3.63) is 92.0 Å². The monoisotopic (exact) mass is 550 g/mol. The van der Waals surface area contributed by atoms with Crippen LogP contribution in [-0.4, -0.2) is 41.1 Å². The molecule has 0 amide bonds. The summed E-state index contributed by atoms with van der Waals surface area (Å²) in [6, 6.07) is 0. The van der Waals surface area contributed by atoms with Gasteiger partial charge in [-0.2, -0.15) is 0 Å². The summed E-state index contributed by atoms with van der Waals surface area (Å²) in [5.74, 6) is -0.213. The first kappa shape index (κ1) is 26.9. The summed E-state index contributed by atoms with van der Waals surface area (Å²) in [5.41, 5.74) is 12.5. The fourth-order valence-electron chi connectivity index (χ4n) is 6.64. The van der Waals surface area contributed by atoms with Crippen LogP contribution < -0.4 is 5.32 Å². The quantitative estimate of drug-likeness (QED) is 0.339. The van der Waals surface area contributed by atoms with Crippen LogP contribution in [0.1, 0.15) is 60.3 Å². The molecule has 8 heteroatoms. The normalized spacial score (nSPS) is 26.0. The molecule has 6 rings (SSSR count). The van der Waals surface area contributed by atoms with Crippen molar-refractivity contribution < 1.29 is 19.4 Å². The number of esters is 1. The van der Waals surface area contributed by atoms with Crippen LogP contribution in [0.2, 0.25) is 0 Å². The lowest BCUT2D eigenvalue weighted by Crippen LogP contribution is -2.15. The van der Waals surface area contributed by atoms with E-state index in [0.717, 1.165) is 80.5 Å². The first-order valence-electron chi connectivity index (χ1n) is 14.2. The van der Waals surface area contributed by atoms with Crippen molar-refractivity contribution in [3.63, 3.8) is 0 Å². The van der Waals surface area contributed by atoms with Crippen molar-refractivity contribution in [1.82, 2.24) is 5.32 Å². The molecule has 1 saturated carbocycles. The molecule has 5 aliphatic heterocycles. The second kappa shape index (κ2) is 9.94. The number of methoxy groups -OCH3 is 1. The summed E-state index contributed by atoms with van der Waals surface area (Å²) in [7, 11) is 1.40. The Morgan fingerprint density at radius 3 is 2.51 bits per heavy atom. The van der Waals surface area contributed by atoms with Crippen molar-refractivity contribution in [2.75, 3.05) is 7.11 Å². The van der Waals surface area contributed by atoms with E-state index in [-0.39, 0.29) is 36.4 Å². The molecule has 0 radical (unpaired) electrons. The molecule has 8 bridgehead atoms. The summed E-state index contributed by atoms with van der Waals surface area (Å²) in [6.07, 6.45) is 8.94. The third-order valence-corrected chi connectivity index (χ3v) is 9.10. The van der Waals surface area contributed by atoms with Gasteiger partial charge in [-0.15, -0.1) is 0 Å². The molecule has 2 N–H and O–H groups in total. The second-order valence-corrected chi connectivity index (χ2v) is 11.3. The van der Waals surface area contributed by atoms with Gasteiger partial charge in [-0.3, -0.25) is 9.59 Å². The lowest BCUT2D eigenvalue weighted by molar-refractivity contribution is -0.140. The predicted octanol–water partition coefficient (Wildman–Crippen LogP) is 5.81. The summed E-state index contributed by atoms with van der Waals surface area (Å²) in [6.45, 7) is 10.2. The van der Waals surface area contributed by atoms with Crippen LogP contribution >= 0.6 is 0 Å². The molecule has 2 fully saturated rings. The molecule has 0 aromatic carbocycles. The number of aliphatic imine (C=N–C) groups is 3. The molecule has 0 aromatic heterocycles. The Hall–Kier alpha value is -4.33. The van der Waals surface area contributed by atoms with Crippen molar-refractivity contribution in [1.29, 1.82) is 0 Å². The minimum absolute atomic E-state index is 0.0254. The Balaban J connectivity index is 1.60. The van der Waals surface area contributed by atoms with Crippen LogP contribution in [-0.2, 0) is 14.3 Å². The average molecular weight is 551 g/mol. The van der Waals surface area contributed by atoms with Gasteiger partial charge in [0.1, 0.15) is 0 Å². The van der Waals surface area contributed by atoms with Gasteiger partial charge in [0.05, 0.1) is 47.6 Å². The number of nitrogens with zero attached hydrogens (tertiary/aromatic N) is 3. The zero-order chi connectivity index (χ0) is 29.2. The van der Waals surface area contributed by atoms with Gasteiger partial charge >= 0.3 is 5.97 Å². The zero-order valence-electron chi connectivity index (χ0n) is 24.3. The Labute approximate surface area is 239 Å². The van der Waals surface area contributed by atoms with E-state index in [9.17, 15) is 14.7 Å². The number of aliphatic hydroxyl groups excluding tert-OH is 1. The van der Waals surface area contributed by atoms with Gasteiger partial charge in [-0.25, -0.2) is 15.0 Å². The number of hydrogen-bond donors (Lipinski definition) is 2. The Morgan fingerprint density at radius 1 is 1.07 bits per heavy atom. The zero-order valence-corrected chi connectivity index (χ0v) is 24.3. The van der Waals surface area contributed by atoms with E-state index in [4.69, 9.17) is 19.7 Å². The summed E-state index contributed by atoms with van der Waals surface area (Å²) < 4.78 is 4.94. The highest BCUT2D eigenvalue weighted by molar-refractivity contribution is 6.38. The Kier molecular flexibility index (Phi) is 6.52. The van der Waals surface area contributed by atoms with Crippen LogP contribution in [0.3, 0.4) is 0 Å². The fourth-order valence-corrected chi connectivity index (χ4v) is 6.64. The molecular weight excluding hydrogens is 516 g/mol. The van der Waals surface area contributed by atoms with E-state index < -0.39 is 0 Å². The largest absolute Gasteiger partial charge is 0.515 e. The standard InChI is InChI=1S/C33H34N4O4/c1-7-19-15(2)24-12-28-22(14-38)17(4)23(35-28)11-25-16(3)20(8-9-30(40)41-6)32(36-25)21-10-29(39)31-18(5)26(37-33(21)31)13-27(19)34-24/h11-14,16,20,36,38H,7-10H2,1-6H3/b22-14+,24-12?,25-11?,26-13?,32-21?/t16-,20-/m0/s1. The minimum Gasteiger partial charge on any atom is -0.515 e. The number of carbonyl (C=O) groups excluding carboxylic acids is 2. The average Bonchev–Trinajstić information content (AvgIpc) is 3.70. The molecule has 0 aromatic rings. The number of hydrogen-bond acceptors (Lipinski definition) is 8. The van der Waals surface area contributed by atoms with Gasteiger partial charge < -0.3 is 15.2 Å². The van der Waals surface area contributed by atoms with Crippen LogP contribution in [0.25, 0.3) is 0 Å². The maximum absolute atomic E-state index is 13.4. The Bertz CT molecular complexity index is 1680. The molecule has 8 nitrogen and oxygen atoms in total. The van der Waals surface area contributed by atoms with Gasteiger partial charge in [0.15, 0.2) is 5.78 Å². The third-order valence-electron chi connectivity index (χ3n) is 9.10. The SMILES string of the molecule is CCC1=C(C)C2=CC3=NC(=C(C)/C3=C\O)C=C3NC(=C4CC(=O)C5=C(C)C(=CC1=N2)N=C45)[C@@H](CCC(=O)OC)[C@@H]3C. The van der Waals surface area contributed by atoms with E-state index in [1.807, 2.05) is 32.1 Å². The fraction of sp³-hybridized carbons (Fsp3) is 0.364. The molecule has 2 atom stereocenters.